The molecule has 0 aromatic rings. The second kappa shape index (κ2) is 2.91. The fourth-order valence-electron chi connectivity index (χ4n) is 0.711. The standard InChI is InChI=1S/C7H18N2S/c1-7(2,3)9-10(5,6)8-4/h1-6H3. The topological polar surface area (TPSA) is 24.7 Å². The van der Waals surface area contributed by atoms with E-state index in [0.29, 0.717) is 0 Å². The lowest BCUT2D eigenvalue weighted by Crippen LogP contribution is -2.12. The maximum Gasteiger partial charge on any atom is 0.0602 e. The number of hydrogen-bond donors (Lipinski definition) is 0. The first kappa shape index (κ1) is 9.95. The van der Waals surface area contributed by atoms with Crippen molar-refractivity contribution < 1.29 is 0 Å². The van der Waals surface area contributed by atoms with Crippen molar-refractivity contribution >= 4 is 9.62 Å². The van der Waals surface area contributed by atoms with Gasteiger partial charge in [-0.15, -0.1) is 0 Å². The third-order valence-electron chi connectivity index (χ3n) is 0.944. The molecule has 0 atom stereocenters. The Hall–Kier alpha value is -0.0500. The molecule has 0 bridgehead atoms. The zero-order valence-corrected chi connectivity index (χ0v) is 8.62. The van der Waals surface area contributed by atoms with Crippen LogP contribution in [0.1, 0.15) is 20.8 Å². The molecule has 0 saturated heterocycles. The summed E-state index contributed by atoms with van der Waals surface area (Å²) in [5.74, 6) is 0. The first-order chi connectivity index (χ1) is 4.27. The average molecular weight is 162 g/mol. The van der Waals surface area contributed by atoms with Crippen LogP contribution in [0.15, 0.2) is 8.73 Å². The zero-order chi connectivity index (χ0) is 8.41. The summed E-state index contributed by atoms with van der Waals surface area (Å²) in [6.45, 7) is 6.31. The van der Waals surface area contributed by atoms with Crippen LogP contribution in [0.3, 0.4) is 0 Å². The molecule has 0 fully saturated rings. The summed E-state index contributed by atoms with van der Waals surface area (Å²) < 4.78 is 8.80. The van der Waals surface area contributed by atoms with E-state index in [1.165, 1.54) is 0 Å². The first-order valence-corrected chi connectivity index (χ1v) is 5.72. The molecule has 10 heavy (non-hydrogen) atoms. The van der Waals surface area contributed by atoms with Crippen molar-refractivity contribution in [1.29, 1.82) is 0 Å². The summed E-state index contributed by atoms with van der Waals surface area (Å²) in [5, 5.41) is 0. The predicted molar refractivity (Wildman–Crippen MR) is 49.7 cm³/mol. The second-order valence-corrected chi connectivity index (χ2v) is 6.65. The molecule has 0 heterocycles. The molecule has 0 aliphatic carbocycles. The Balaban J connectivity index is 4.81. The normalized spacial score (nSPS) is 13.0. The number of hydrogen-bond acceptors (Lipinski definition) is 2. The highest BCUT2D eigenvalue weighted by Crippen LogP contribution is 2.09. The molecule has 0 saturated carbocycles. The van der Waals surface area contributed by atoms with Gasteiger partial charge >= 0.3 is 0 Å². The maximum atomic E-state index is 4.58. The molecular formula is C7H18N2S. The van der Waals surface area contributed by atoms with Crippen LogP contribution in [0.2, 0.25) is 0 Å². The highest BCUT2D eigenvalue weighted by Gasteiger charge is 2.07. The van der Waals surface area contributed by atoms with Gasteiger partial charge in [0.1, 0.15) is 0 Å². The van der Waals surface area contributed by atoms with E-state index in [2.05, 4.69) is 42.0 Å². The Morgan fingerprint density at radius 3 is 1.60 bits per heavy atom. The van der Waals surface area contributed by atoms with Crippen LogP contribution in [0, 0.1) is 0 Å². The van der Waals surface area contributed by atoms with Crippen LogP contribution in [0.4, 0.5) is 0 Å². The summed E-state index contributed by atoms with van der Waals surface area (Å²) in [6, 6.07) is 0. The fraction of sp³-hybridized carbons (Fsp3) is 1.00. The molecule has 0 N–H and O–H groups in total. The molecule has 0 aromatic carbocycles. The summed E-state index contributed by atoms with van der Waals surface area (Å²) in [6.07, 6.45) is 4.19. The quantitative estimate of drug-likeness (QED) is 0.521. The summed E-state index contributed by atoms with van der Waals surface area (Å²) in [5.41, 5.74) is 0.0539. The van der Waals surface area contributed by atoms with Gasteiger partial charge in [-0.05, 0) is 20.8 Å². The van der Waals surface area contributed by atoms with Crippen molar-refractivity contribution in [2.24, 2.45) is 8.73 Å². The van der Waals surface area contributed by atoms with E-state index in [4.69, 9.17) is 0 Å². The number of rotatable bonds is 0. The average Bonchev–Trinajstić information content (AvgIpc) is 1.60. The molecule has 0 spiro atoms. The molecule has 0 amide bonds. The van der Waals surface area contributed by atoms with Gasteiger partial charge in [-0.25, -0.2) is 4.36 Å². The van der Waals surface area contributed by atoms with Crippen LogP contribution in [-0.2, 0) is 9.62 Å². The van der Waals surface area contributed by atoms with Crippen molar-refractivity contribution in [2.75, 3.05) is 19.6 Å². The molecule has 62 valence electrons. The highest BCUT2D eigenvalue weighted by molar-refractivity contribution is 7.94. The van der Waals surface area contributed by atoms with Gasteiger partial charge in [0, 0.05) is 19.6 Å². The van der Waals surface area contributed by atoms with Gasteiger partial charge in [-0.1, -0.05) is 9.62 Å². The molecular weight excluding hydrogens is 144 g/mol. The Morgan fingerprint density at radius 2 is 1.50 bits per heavy atom. The molecule has 0 unspecified atom stereocenters. The van der Waals surface area contributed by atoms with Crippen molar-refractivity contribution in [3.8, 4) is 0 Å². The highest BCUT2D eigenvalue weighted by atomic mass is 32.2. The van der Waals surface area contributed by atoms with E-state index in [1.54, 1.807) is 0 Å². The van der Waals surface area contributed by atoms with Crippen LogP contribution in [0.25, 0.3) is 0 Å². The van der Waals surface area contributed by atoms with E-state index >= 15 is 0 Å². The Morgan fingerprint density at radius 1 is 1.10 bits per heavy atom. The van der Waals surface area contributed by atoms with Gasteiger partial charge in [-0.2, -0.15) is 0 Å². The van der Waals surface area contributed by atoms with E-state index in [-0.39, 0.29) is 5.54 Å². The van der Waals surface area contributed by atoms with Crippen molar-refractivity contribution in [1.82, 2.24) is 0 Å². The van der Waals surface area contributed by atoms with Crippen LogP contribution in [0.5, 0.6) is 0 Å². The van der Waals surface area contributed by atoms with Gasteiger partial charge < -0.3 is 0 Å². The minimum atomic E-state index is -1.03. The minimum Gasteiger partial charge on any atom is -0.259 e. The largest absolute Gasteiger partial charge is 0.259 e. The molecule has 2 nitrogen and oxygen atoms in total. The Kier molecular flexibility index (Phi) is 2.89. The maximum absolute atomic E-state index is 4.58. The van der Waals surface area contributed by atoms with Gasteiger partial charge in [-0.3, -0.25) is 4.36 Å². The van der Waals surface area contributed by atoms with E-state index < -0.39 is 9.62 Å². The molecule has 0 aliphatic rings. The molecule has 0 aromatic heterocycles. The van der Waals surface area contributed by atoms with Gasteiger partial charge in [0.2, 0.25) is 0 Å². The van der Waals surface area contributed by atoms with E-state index in [9.17, 15) is 0 Å². The monoisotopic (exact) mass is 162 g/mol. The molecule has 0 rings (SSSR count). The zero-order valence-electron chi connectivity index (χ0n) is 7.80. The van der Waals surface area contributed by atoms with Crippen LogP contribution in [-0.4, -0.2) is 25.1 Å². The molecule has 0 aliphatic heterocycles. The van der Waals surface area contributed by atoms with Gasteiger partial charge in [0.25, 0.3) is 0 Å². The lowest BCUT2D eigenvalue weighted by Gasteiger charge is -2.15. The van der Waals surface area contributed by atoms with Crippen LogP contribution >= 0.6 is 0 Å². The van der Waals surface area contributed by atoms with Crippen molar-refractivity contribution in [3.05, 3.63) is 0 Å². The summed E-state index contributed by atoms with van der Waals surface area (Å²) in [7, 11) is 0.811. The van der Waals surface area contributed by atoms with Crippen LogP contribution < -0.4 is 0 Å². The van der Waals surface area contributed by atoms with Crippen molar-refractivity contribution in [3.63, 3.8) is 0 Å². The smallest absolute Gasteiger partial charge is 0.0602 e. The summed E-state index contributed by atoms with van der Waals surface area (Å²) in [4.78, 5) is 0. The molecule has 0 radical (unpaired) electrons. The van der Waals surface area contributed by atoms with E-state index in [1.807, 2.05) is 7.05 Å². The van der Waals surface area contributed by atoms with Gasteiger partial charge in [0.05, 0.1) is 5.54 Å². The number of nitrogens with zero attached hydrogens (tertiary/aromatic N) is 2. The molecule has 3 heteroatoms. The minimum absolute atomic E-state index is 0.0539. The predicted octanol–water partition coefficient (Wildman–Crippen LogP) is 2.20. The first-order valence-electron chi connectivity index (χ1n) is 3.35. The second-order valence-electron chi connectivity index (χ2n) is 3.66. The SMILES string of the molecule is CN=S(C)(C)=NC(C)(C)C. The third-order valence-corrected chi connectivity index (χ3v) is 2.83. The Labute approximate surface area is 64.9 Å². The fourth-order valence-corrected chi connectivity index (χ4v) is 2.13. The van der Waals surface area contributed by atoms with E-state index in [0.717, 1.165) is 0 Å². The van der Waals surface area contributed by atoms with Gasteiger partial charge in [0.15, 0.2) is 0 Å². The Bertz CT molecular complexity index is 206. The van der Waals surface area contributed by atoms with Crippen molar-refractivity contribution in [2.45, 2.75) is 26.3 Å². The lowest BCUT2D eigenvalue weighted by molar-refractivity contribution is 0.592. The summed E-state index contributed by atoms with van der Waals surface area (Å²) >= 11 is 0. The third kappa shape index (κ3) is 4.79. The lowest BCUT2D eigenvalue weighted by atomic mass is 10.1.